The van der Waals surface area contributed by atoms with Crippen molar-refractivity contribution in [3.63, 3.8) is 0 Å². The maximum Gasteiger partial charge on any atom is 0.237 e. The van der Waals surface area contributed by atoms with Crippen molar-refractivity contribution in [2.24, 2.45) is 0 Å². The van der Waals surface area contributed by atoms with Crippen LogP contribution in [0, 0.1) is 0 Å². The first kappa shape index (κ1) is 23.5. The monoisotopic (exact) mass is 480 g/mol. The summed E-state index contributed by atoms with van der Waals surface area (Å²) in [6.07, 6.45) is 3.66. The van der Waals surface area contributed by atoms with Crippen LogP contribution in [0.25, 0.3) is 0 Å². The number of benzene rings is 2. The topological polar surface area (TPSA) is 106 Å². The number of amides is 1. The summed E-state index contributed by atoms with van der Waals surface area (Å²) in [6, 6.07) is 13.1. The van der Waals surface area contributed by atoms with E-state index in [1.54, 1.807) is 32.4 Å². The van der Waals surface area contributed by atoms with E-state index in [0.29, 0.717) is 42.1 Å². The minimum absolute atomic E-state index is 0.114. The van der Waals surface area contributed by atoms with Gasteiger partial charge in [-0.1, -0.05) is 6.07 Å². The van der Waals surface area contributed by atoms with Crippen molar-refractivity contribution in [1.29, 1.82) is 0 Å². The van der Waals surface area contributed by atoms with Crippen LogP contribution in [-0.4, -0.2) is 60.3 Å². The molecule has 1 amide bonds. The molecule has 9 nitrogen and oxygen atoms in total. The fourth-order valence-corrected chi connectivity index (χ4v) is 4.12. The molecule has 1 aliphatic rings. The highest BCUT2D eigenvalue weighted by Gasteiger charge is 2.20. The molecule has 1 aromatic heterocycles. The van der Waals surface area contributed by atoms with Crippen molar-refractivity contribution in [1.82, 2.24) is 14.9 Å². The number of nitrogens with one attached hydrogen (secondary N) is 1. The standard InChI is InChI=1S/C24H28N6O3S/c1-16(31)29-9-11-30(12-10-29)18-7-8-20(21(14-18)32-2)27-24-26-15-22(34-3)23(28-24)33-19-6-4-5-17(25)13-19/h4-8,13-15H,9-12,25H2,1-3H3,(H,26,27,28). The van der Waals surface area contributed by atoms with E-state index in [-0.39, 0.29) is 5.91 Å². The van der Waals surface area contributed by atoms with Gasteiger partial charge >= 0.3 is 0 Å². The van der Waals surface area contributed by atoms with Crippen molar-refractivity contribution in [3.05, 3.63) is 48.7 Å². The Morgan fingerprint density at radius 3 is 2.62 bits per heavy atom. The molecule has 10 heteroatoms. The number of nitrogens with zero attached hydrogens (tertiary/aromatic N) is 4. The van der Waals surface area contributed by atoms with E-state index in [9.17, 15) is 4.79 Å². The van der Waals surface area contributed by atoms with E-state index in [1.165, 1.54) is 11.8 Å². The van der Waals surface area contributed by atoms with Gasteiger partial charge in [0.1, 0.15) is 11.5 Å². The number of hydrogen-bond donors (Lipinski definition) is 2. The molecule has 34 heavy (non-hydrogen) atoms. The average Bonchev–Trinajstić information content (AvgIpc) is 2.84. The van der Waals surface area contributed by atoms with E-state index >= 15 is 0 Å². The van der Waals surface area contributed by atoms with Gasteiger partial charge in [-0.15, -0.1) is 11.8 Å². The predicted molar refractivity (Wildman–Crippen MR) is 135 cm³/mol. The molecule has 0 aliphatic carbocycles. The Hall–Kier alpha value is -3.66. The minimum atomic E-state index is 0.114. The first-order valence-corrected chi connectivity index (χ1v) is 12.1. The summed E-state index contributed by atoms with van der Waals surface area (Å²) in [6.45, 7) is 4.59. The molecule has 0 atom stereocenters. The third-order valence-electron chi connectivity index (χ3n) is 5.54. The number of thioether (sulfide) groups is 1. The van der Waals surface area contributed by atoms with E-state index in [4.69, 9.17) is 15.2 Å². The van der Waals surface area contributed by atoms with Gasteiger partial charge < -0.3 is 30.3 Å². The maximum atomic E-state index is 11.6. The summed E-state index contributed by atoms with van der Waals surface area (Å²) < 4.78 is 11.6. The van der Waals surface area contributed by atoms with E-state index in [2.05, 4.69) is 20.2 Å². The number of nitrogen functional groups attached to an aromatic ring is 1. The molecule has 1 saturated heterocycles. The third kappa shape index (κ3) is 5.45. The number of hydrogen-bond acceptors (Lipinski definition) is 9. The molecule has 2 heterocycles. The zero-order valence-corrected chi connectivity index (χ0v) is 20.3. The number of methoxy groups -OCH3 is 1. The molecule has 0 unspecified atom stereocenters. The second-order valence-corrected chi connectivity index (χ2v) is 8.59. The van der Waals surface area contributed by atoms with Crippen LogP contribution >= 0.6 is 11.8 Å². The number of nitrogens with two attached hydrogens (primary N) is 1. The minimum Gasteiger partial charge on any atom is -0.494 e. The van der Waals surface area contributed by atoms with E-state index in [0.717, 1.165) is 29.4 Å². The Balaban J connectivity index is 1.52. The summed E-state index contributed by atoms with van der Waals surface area (Å²) in [5.41, 5.74) is 8.26. The van der Waals surface area contributed by atoms with Crippen molar-refractivity contribution < 1.29 is 14.3 Å². The molecular weight excluding hydrogens is 452 g/mol. The molecule has 1 aliphatic heterocycles. The average molecular weight is 481 g/mol. The molecule has 0 radical (unpaired) electrons. The first-order chi connectivity index (χ1) is 16.5. The maximum absolute atomic E-state index is 11.6. The number of aromatic nitrogens is 2. The normalized spacial score (nSPS) is 13.5. The highest BCUT2D eigenvalue weighted by molar-refractivity contribution is 7.98. The first-order valence-electron chi connectivity index (χ1n) is 10.9. The lowest BCUT2D eigenvalue weighted by Gasteiger charge is -2.35. The Morgan fingerprint density at radius 2 is 1.94 bits per heavy atom. The van der Waals surface area contributed by atoms with Gasteiger partial charge in [-0.05, 0) is 30.5 Å². The lowest BCUT2D eigenvalue weighted by atomic mass is 10.2. The number of carbonyl (C=O) groups is 1. The van der Waals surface area contributed by atoms with E-state index < -0.39 is 0 Å². The number of anilines is 4. The van der Waals surface area contributed by atoms with Gasteiger partial charge in [-0.2, -0.15) is 4.98 Å². The zero-order chi connectivity index (χ0) is 24.1. The van der Waals surface area contributed by atoms with Crippen LogP contribution in [0.1, 0.15) is 6.92 Å². The third-order valence-corrected chi connectivity index (χ3v) is 6.26. The van der Waals surface area contributed by atoms with Gasteiger partial charge in [0.15, 0.2) is 0 Å². The molecular formula is C24H28N6O3S. The zero-order valence-electron chi connectivity index (χ0n) is 19.4. The van der Waals surface area contributed by atoms with Crippen molar-refractivity contribution >= 4 is 40.7 Å². The van der Waals surface area contributed by atoms with Crippen LogP contribution in [0.4, 0.5) is 23.0 Å². The Labute approximate surface area is 203 Å². The van der Waals surface area contributed by atoms with Crippen LogP contribution < -0.4 is 25.4 Å². The van der Waals surface area contributed by atoms with Gasteiger partial charge in [0.05, 0.1) is 17.7 Å². The van der Waals surface area contributed by atoms with Gasteiger partial charge in [0.25, 0.3) is 0 Å². The SMILES string of the molecule is COc1cc(N2CCN(C(C)=O)CC2)ccc1Nc1ncc(SC)c(Oc2cccc(N)c2)n1. The molecule has 3 aromatic rings. The van der Waals surface area contributed by atoms with Gasteiger partial charge in [0.2, 0.25) is 17.7 Å². The number of ether oxygens (including phenoxy) is 2. The van der Waals surface area contributed by atoms with Crippen LogP contribution in [0.15, 0.2) is 53.6 Å². The Bertz CT molecular complexity index is 1170. The summed E-state index contributed by atoms with van der Waals surface area (Å²) in [5.74, 6) is 2.21. The molecule has 2 aromatic carbocycles. The van der Waals surface area contributed by atoms with Gasteiger partial charge in [-0.25, -0.2) is 4.98 Å². The van der Waals surface area contributed by atoms with Crippen LogP contribution in [-0.2, 0) is 4.79 Å². The summed E-state index contributed by atoms with van der Waals surface area (Å²) in [7, 11) is 1.63. The molecule has 0 spiro atoms. The van der Waals surface area contributed by atoms with Crippen molar-refractivity contribution in [2.45, 2.75) is 11.8 Å². The van der Waals surface area contributed by atoms with Crippen LogP contribution in [0.5, 0.6) is 17.4 Å². The summed E-state index contributed by atoms with van der Waals surface area (Å²) in [5, 5.41) is 3.23. The number of rotatable bonds is 7. The second-order valence-electron chi connectivity index (χ2n) is 7.74. The van der Waals surface area contributed by atoms with Crippen molar-refractivity contribution in [2.75, 3.05) is 55.5 Å². The fraction of sp³-hybridized carbons (Fsp3) is 0.292. The molecule has 4 rings (SSSR count). The lowest BCUT2D eigenvalue weighted by Crippen LogP contribution is -2.48. The largest absolute Gasteiger partial charge is 0.494 e. The summed E-state index contributed by atoms with van der Waals surface area (Å²) in [4.78, 5) is 25.5. The van der Waals surface area contributed by atoms with Gasteiger partial charge in [-0.3, -0.25) is 4.79 Å². The Kier molecular flexibility index (Phi) is 7.27. The molecule has 1 fully saturated rings. The van der Waals surface area contributed by atoms with Crippen molar-refractivity contribution in [3.8, 4) is 17.4 Å². The smallest absolute Gasteiger partial charge is 0.237 e. The van der Waals surface area contributed by atoms with Gasteiger partial charge in [0, 0.05) is 62.8 Å². The summed E-state index contributed by atoms with van der Waals surface area (Å²) >= 11 is 1.50. The highest BCUT2D eigenvalue weighted by Crippen LogP contribution is 2.34. The van der Waals surface area contributed by atoms with E-state index in [1.807, 2.05) is 41.5 Å². The molecule has 0 bridgehead atoms. The Morgan fingerprint density at radius 1 is 1.15 bits per heavy atom. The highest BCUT2D eigenvalue weighted by atomic mass is 32.2. The number of piperazine rings is 1. The predicted octanol–water partition coefficient (Wildman–Crippen LogP) is 3.99. The number of carbonyl (C=O) groups excluding carboxylic acids is 1. The van der Waals surface area contributed by atoms with Crippen LogP contribution in [0.3, 0.4) is 0 Å². The molecule has 0 saturated carbocycles. The molecule has 178 valence electrons. The quantitative estimate of drug-likeness (QED) is 0.383. The second kappa shape index (κ2) is 10.5. The molecule has 3 N–H and O–H groups in total. The van der Waals surface area contributed by atoms with Crippen LogP contribution in [0.2, 0.25) is 0 Å². The lowest BCUT2D eigenvalue weighted by molar-refractivity contribution is -0.129. The fourth-order valence-electron chi connectivity index (χ4n) is 3.70.